The van der Waals surface area contributed by atoms with Gasteiger partial charge in [-0.15, -0.1) is 0 Å². The molecule has 0 bridgehead atoms. The molecule has 7 heteroatoms. The standard InChI is InChI=1S/C26H36N6O/c1-32-14-11-20-15-22(10-9-21(20)17-32)30-26-29-16-23(18-5-2-6-18)24(31-26)27-12-4-13-28-25(33)19-7-3-8-19/h9-10,15-16,18-19H,2-8,11-14,17H2,1H3,(H,28,33)(H2,27,29,30,31). The van der Waals surface area contributed by atoms with Crippen molar-refractivity contribution in [3.05, 3.63) is 41.1 Å². The lowest BCUT2D eigenvalue weighted by Crippen LogP contribution is -2.35. The molecule has 7 nitrogen and oxygen atoms in total. The Morgan fingerprint density at radius 3 is 2.73 bits per heavy atom. The first-order valence-electron chi connectivity index (χ1n) is 12.6. The predicted molar refractivity (Wildman–Crippen MR) is 132 cm³/mol. The Morgan fingerprint density at radius 2 is 1.97 bits per heavy atom. The maximum absolute atomic E-state index is 12.0. The van der Waals surface area contributed by atoms with Gasteiger partial charge in [0.05, 0.1) is 0 Å². The Labute approximate surface area is 196 Å². The summed E-state index contributed by atoms with van der Waals surface area (Å²) in [5, 5.41) is 10.0. The fourth-order valence-electron chi connectivity index (χ4n) is 4.83. The van der Waals surface area contributed by atoms with Gasteiger partial charge in [-0.1, -0.05) is 18.9 Å². The third-order valence-electron chi connectivity index (χ3n) is 7.45. The third kappa shape index (κ3) is 5.29. The number of nitrogens with zero attached hydrogens (tertiary/aromatic N) is 3. The van der Waals surface area contributed by atoms with E-state index in [0.717, 1.165) is 56.8 Å². The summed E-state index contributed by atoms with van der Waals surface area (Å²) in [7, 11) is 2.17. The number of aromatic nitrogens is 2. The number of likely N-dealkylation sites (N-methyl/N-ethyl adjacent to an activating group) is 1. The molecule has 2 aromatic rings. The molecule has 0 saturated heterocycles. The van der Waals surface area contributed by atoms with Gasteiger partial charge in [-0.3, -0.25) is 4.79 Å². The van der Waals surface area contributed by atoms with Crippen molar-refractivity contribution in [1.82, 2.24) is 20.2 Å². The molecule has 176 valence electrons. The highest BCUT2D eigenvalue weighted by molar-refractivity contribution is 5.79. The quantitative estimate of drug-likeness (QED) is 0.499. The first-order chi connectivity index (χ1) is 16.2. The highest BCUT2D eigenvalue weighted by Crippen LogP contribution is 2.39. The van der Waals surface area contributed by atoms with Crippen LogP contribution in [0.5, 0.6) is 0 Å². The number of carbonyl (C=O) groups excluding carboxylic acids is 1. The largest absolute Gasteiger partial charge is 0.370 e. The number of fused-ring (bicyclic) bond motifs is 1. The van der Waals surface area contributed by atoms with Gasteiger partial charge < -0.3 is 20.9 Å². The molecular formula is C26H36N6O. The lowest BCUT2D eigenvalue weighted by atomic mass is 9.81. The zero-order chi connectivity index (χ0) is 22.6. The number of amides is 1. The monoisotopic (exact) mass is 448 g/mol. The van der Waals surface area contributed by atoms with E-state index < -0.39 is 0 Å². The van der Waals surface area contributed by atoms with Gasteiger partial charge in [0.15, 0.2) is 0 Å². The van der Waals surface area contributed by atoms with Crippen molar-refractivity contribution in [1.29, 1.82) is 0 Å². The fraction of sp³-hybridized carbons (Fsp3) is 0.577. The highest BCUT2D eigenvalue weighted by Gasteiger charge is 2.25. The second-order valence-corrected chi connectivity index (χ2v) is 9.92. The summed E-state index contributed by atoms with van der Waals surface area (Å²) in [6.07, 6.45) is 10.9. The number of anilines is 3. The molecular weight excluding hydrogens is 412 g/mol. The van der Waals surface area contributed by atoms with Crippen LogP contribution in [0.15, 0.2) is 24.4 Å². The maximum Gasteiger partial charge on any atom is 0.229 e. The molecule has 1 amide bonds. The van der Waals surface area contributed by atoms with Gasteiger partial charge in [-0.05, 0) is 74.8 Å². The van der Waals surface area contributed by atoms with E-state index in [1.165, 1.54) is 42.4 Å². The van der Waals surface area contributed by atoms with Gasteiger partial charge in [0.1, 0.15) is 5.82 Å². The lowest BCUT2D eigenvalue weighted by molar-refractivity contribution is -0.127. The number of nitrogens with one attached hydrogen (secondary N) is 3. The molecule has 0 atom stereocenters. The molecule has 0 radical (unpaired) electrons. The van der Waals surface area contributed by atoms with Crippen LogP contribution in [0.4, 0.5) is 17.5 Å². The van der Waals surface area contributed by atoms with Gasteiger partial charge in [0.25, 0.3) is 0 Å². The number of hydrogen-bond acceptors (Lipinski definition) is 6. The normalized spacial score (nSPS) is 18.7. The predicted octanol–water partition coefficient (Wildman–Crippen LogP) is 4.19. The van der Waals surface area contributed by atoms with Crippen molar-refractivity contribution in [2.75, 3.05) is 37.3 Å². The Hall–Kier alpha value is -2.67. The zero-order valence-electron chi connectivity index (χ0n) is 19.7. The SMILES string of the molecule is CN1CCc2cc(Nc3ncc(C4CCC4)c(NCCCNC(=O)C4CCC4)n3)ccc2C1. The fourth-order valence-corrected chi connectivity index (χ4v) is 4.83. The van der Waals surface area contributed by atoms with Crippen molar-refractivity contribution in [2.24, 2.45) is 5.92 Å². The summed E-state index contributed by atoms with van der Waals surface area (Å²) in [4.78, 5) is 23.9. The summed E-state index contributed by atoms with van der Waals surface area (Å²) >= 11 is 0. The number of benzene rings is 1. The highest BCUT2D eigenvalue weighted by atomic mass is 16.1. The van der Waals surface area contributed by atoms with Gasteiger partial charge in [0, 0.05) is 49.5 Å². The van der Waals surface area contributed by atoms with Crippen LogP contribution in [0.2, 0.25) is 0 Å². The van der Waals surface area contributed by atoms with E-state index in [-0.39, 0.29) is 11.8 Å². The number of rotatable bonds is 9. The van der Waals surface area contributed by atoms with Crippen molar-refractivity contribution in [3.63, 3.8) is 0 Å². The molecule has 1 aliphatic heterocycles. The van der Waals surface area contributed by atoms with Crippen molar-refractivity contribution >= 4 is 23.4 Å². The van der Waals surface area contributed by atoms with Crippen LogP contribution in [0.25, 0.3) is 0 Å². The smallest absolute Gasteiger partial charge is 0.229 e. The Bertz CT molecular complexity index is 985. The van der Waals surface area contributed by atoms with Crippen LogP contribution in [-0.4, -0.2) is 47.5 Å². The lowest BCUT2D eigenvalue weighted by Gasteiger charge is -2.27. The molecule has 0 spiro atoms. The molecule has 0 unspecified atom stereocenters. The third-order valence-corrected chi connectivity index (χ3v) is 7.45. The first-order valence-corrected chi connectivity index (χ1v) is 12.6. The Balaban J connectivity index is 1.20. The van der Waals surface area contributed by atoms with Crippen LogP contribution in [0, 0.1) is 5.92 Å². The van der Waals surface area contributed by atoms with E-state index in [0.29, 0.717) is 18.4 Å². The summed E-state index contributed by atoms with van der Waals surface area (Å²) in [6.45, 7) is 3.60. The van der Waals surface area contributed by atoms with Crippen LogP contribution in [-0.2, 0) is 17.8 Å². The minimum Gasteiger partial charge on any atom is -0.370 e. The Morgan fingerprint density at radius 1 is 1.12 bits per heavy atom. The number of hydrogen-bond donors (Lipinski definition) is 3. The van der Waals surface area contributed by atoms with E-state index in [2.05, 4.69) is 51.1 Å². The summed E-state index contributed by atoms with van der Waals surface area (Å²) in [5.74, 6) is 2.60. The minimum absolute atomic E-state index is 0.224. The van der Waals surface area contributed by atoms with Crippen LogP contribution >= 0.6 is 0 Å². The van der Waals surface area contributed by atoms with Crippen molar-refractivity contribution in [2.45, 2.75) is 63.8 Å². The van der Waals surface area contributed by atoms with Crippen LogP contribution in [0.3, 0.4) is 0 Å². The molecule has 33 heavy (non-hydrogen) atoms. The molecule has 2 fully saturated rings. The average Bonchev–Trinajstić information content (AvgIpc) is 2.72. The van der Waals surface area contributed by atoms with E-state index in [4.69, 9.17) is 4.98 Å². The van der Waals surface area contributed by atoms with Gasteiger partial charge >= 0.3 is 0 Å². The molecule has 1 aromatic carbocycles. The van der Waals surface area contributed by atoms with E-state index in [9.17, 15) is 4.79 Å². The van der Waals surface area contributed by atoms with E-state index in [1.807, 2.05) is 6.20 Å². The first kappa shape index (κ1) is 22.1. The summed E-state index contributed by atoms with van der Waals surface area (Å²) in [6, 6.07) is 6.58. The van der Waals surface area contributed by atoms with Gasteiger partial charge in [-0.2, -0.15) is 4.98 Å². The second-order valence-electron chi connectivity index (χ2n) is 9.92. The van der Waals surface area contributed by atoms with Crippen LogP contribution < -0.4 is 16.0 Å². The van der Waals surface area contributed by atoms with Crippen molar-refractivity contribution in [3.8, 4) is 0 Å². The summed E-state index contributed by atoms with van der Waals surface area (Å²) in [5.41, 5.74) is 5.08. The Kier molecular flexibility index (Phi) is 6.76. The molecule has 2 heterocycles. The van der Waals surface area contributed by atoms with E-state index >= 15 is 0 Å². The number of carbonyl (C=O) groups is 1. The molecule has 5 rings (SSSR count). The topological polar surface area (TPSA) is 82.2 Å². The molecule has 2 aliphatic carbocycles. The average molecular weight is 449 g/mol. The molecule has 1 aromatic heterocycles. The van der Waals surface area contributed by atoms with Gasteiger partial charge in [0.2, 0.25) is 11.9 Å². The maximum atomic E-state index is 12.0. The minimum atomic E-state index is 0.224. The van der Waals surface area contributed by atoms with Gasteiger partial charge in [-0.25, -0.2) is 4.98 Å². The van der Waals surface area contributed by atoms with E-state index in [1.54, 1.807) is 0 Å². The van der Waals surface area contributed by atoms with Crippen molar-refractivity contribution < 1.29 is 4.79 Å². The zero-order valence-corrected chi connectivity index (χ0v) is 19.7. The molecule has 2 saturated carbocycles. The second kappa shape index (κ2) is 10.1. The summed E-state index contributed by atoms with van der Waals surface area (Å²) < 4.78 is 0. The van der Waals surface area contributed by atoms with Crippen LogP contribution in [0.1, 0.15) is 67.6 Å². The molecule has 3 N–H and O–H groups in total. The molecule has 3 aliphatic rings.